The molecule has 0 saturated heterocycles. The summed E-state index contributed by atoms with van der Waals surface area (Å²) in [5.41, 5.74) is 2.34. The van der Waals surface area contributed by atoms with Crippen molar-refractivity contribution in [1.29, 1.82) is 0 Å². The van der Waals surface area contributed by atoms with Crippen LogP contribution in [0.3, 0.4) is 0 Å². The minimum absolute atomic E-state index is 0.181. The molecule has 3 rings (SSSR count). The quantitative estimate of drug-likeness (QED) is 0.930. The van der Waals surface area contributed by atoms with Gasteiger partial charge in [-0.2, -0.15) is 4.31 Å². The highest BCUT2D eigenvalue weighted by Crippen LogP contribution is 2.29. The number of nitrogens with one attached hydrogen (secondary N) is 1. The van der Waals surface area contributed by atoms with E-state index in [4.69, 9.17) is 0 Å². The van der Waals surface area contributed by atoms with E-state index in [0.29, 0.717) is 11.4 Å². The highest BCUT2D eigenvalue weighted by molar-refractivity contribution is 7.89. The molecule has 1 heterocycles. The molecular formula is C16H24N2O2S. The zero-order valence-corrected chi connectivity index (χ0v) is 13.5. The van der Waals surface area contributed by atoms with Gasteiger partial charge in [0.15, 0.2) is 0 Å². The number of hydrogen-bond acceptors (Lipinski definition) is 3. The molecule has 0 atom stereocenters. The maximum absolute atomic E-state index is 13.0. The summed E-state index contributed by atoms with van der Waals surface area (Å²) in [7, 11) is -3.37. The smallest absolute Gasteiger partial charge is 0.243 e. The molecule has 0 aromatic heterocycles. The maximum Gasteiger partial charge on any atom is 0.243 e. The average molecular weight is 308 g/mol. The van der Waals surface area contributed by atoms with Gasteiger partial charge in [-0.25, -0.2) is 8.42 Å². The van der Waals surface area contributed by atoms with Gasteiger partial charge >= 0.3 is 0 Å². The van der Waals surface area contributed by atoms with E-state index in [2.05, 4.69) is 5.32 Å². The Labute approximate surface area is 127 Å². The molecule has 5 heteroatoms. The van der Waals surface area contributed by atoms with E-state index < -0.39 is 10.0 Å². The Morgan fingerprint density at radius 3 is 2.57 bits per heavy atom. The Morgan fingerprint density at radius 2 is 1.86 bits per heavy atom. The molecule has 0 spiro atoms. The highest BCUT2D eigenvalue weighted by Gasteiger charge is 2.31. The van der Waals surface area contributed by atoms with Gasteiger partial charge in [0.2, 0.25) is 10.0 Å². The highest BCUT2D eigenvalue weighted by atomic mass is 32.2. The van der Waals surface area contributed by atoms with E-state index in [-0.39, 0.29) is 6.04 Å². The van der Waals surface area contributed by atoms with Gasteiger partial charge in [-0.3, -0.25) is 0 Å². The predicted molar refractivity (Wildman–Crippen MR) is 83.4 cm³/mol. The van der Waals surface area contributed by atoms with Gasteiger partial charge < -0.3 is 5.32 Å². The molecule has 1 aromatic carbocycles. The van der Waals surface area contributed by atoms with Crippen molar-refractivity contribution in [3.63, 3.8) is 0 Å². The predicted octanol–water partition coefficient (Wildman–Crippen LogP) is 2.63. The van der Waals surface area contributed by atoms with Crippen LogP contribution >= 0.6 is 0 Å². The third kappa shape index (κ3) is 2.87. The Balaban J connectivity index is 1.90. The van der Waals surface area contributed by atoms with Crippen LogP contribution in [-0.2, 0) is 23.1 Å². The summed E-state index contributed by atoms with van der Waals surface area (Å²) in [5, 5.41) is 3.26. The summed E-state index contributed by atoms with van der Waals surface area (Å²) in [5.74, 6) is 0. The lowest BCUT2D eigenvalue weighted by molar-refractivity contribution is 0.261. The van der Waals surface area contributed by atoms with Crippen LogP contribution < -0.4 is 5.32 Å². The zero-order chi connectivity index (χ0) is 14.9. The number of nitrogens with zero attached hydrogens (tertiary/aromatic N) is 1. The van der Waals surface area contributed by atoms with E-state index >= 15 is 0 Å². The number of fused-ring (bicyclic) bond motifs is 1. The lowest BCUT2D eigenvalue weighted by Gasteiger charge is -2.32. The fourth-order valence-electron chi connectivity index (χ4n) is 3.56. The summed E-state index contributed by atoms with van der Waals surface area (Å²) in [6, 6.07) is 5.76. The van der Waals surface area contributed by atoms with E-state index in [9.17, 15) is 8.42 Å². The van der Waals surface area contributed by atoms with Gasteiger partial charge in [0.1, 0.15) is 0 Å². The second kappa shape index (κ2) is 6.07. The van der Waals surface area contributed by atoms with Crippen LogP contribution in [0.2, 0.25) is 0 Å². The van der Waals surface area contributed by atoms with Crippen molar-refractivity contribution in [3.8, 4) is 0 Å². The molecule has 1 saturated carbocycles. The van der Waals surface area contributed by atoms with Crippen LogP contribution in [0.15, 0.2) is 23.1 Å². The van der Waals surface area contributed by atoms with Gasteiger partial charge in [0.05, 0.1) is 4.90 Å². The van der Waals surface area contributed by atoms with Gasteiger partial charge in [-0.15, -0.1) is 0 Å². The number of rotatable bonds is 4. The standard InChI is InChI=1S/C16H24N2O2S/c1-2-18(15-6-4-3-5-7-15)21(19,20)16-9-8-13-11-17-12-14(13)10-16/h8-10,15,17H,2-7,11-12H2,1H3. The van der Waals surface area contributed by atoms with Crippen LogP contribution in [0, 0.1) is 0 Å². The summed E-state index contributed by atoms with van der Waals surface area (Å²) in [6.45, 7) is 4.12. The van der Waals surface area contributed by atoms with Crippen LogP contribution in [0.5, 0.6) is 0 Å². The molecule has 0 radical (unpaired) electrons. The van der Waals surface area contributed by atoms with Crippen LogP contribution in [-0.4, -0.2) is 25.3 Å². The first-order valence-corrected chi connectivity index (χ1v) is 9.41. The topological polar surface area (TPSA) is 49.4 Å². The van der Waals surface area contributed by atoms with Gasteiger partial charge in [0, 0.05) is 25.7 Å². The van der Waals surface area contributed by atoms with Crippen molar-refractivity contribution in [2.24, 2.45) is 0 Å². The summed E-state index contributed by atoms with van der Waals surface area (Å²) in [4.78, 5) is 0.456. The molecule has 4 nitrogen and oxygen atoms in total. The molecule has 0 bridgehead atoms. The van der Waals surface area contributed by atoms with Gasteiger partial charge in [0.25, 0.3) is 0 Å². The number of benzene rings is 1. The summed E-state index contributed by atoms with van der Waals surface area (Å²) in [6.07, 6.45) is 5.52. The number of sulfonamides is 1. The van der Waals surface area contributed by atoms with E-state index in [1.807, 2.05) is 19.1 Å². The minimum atomic E-state index is -3.37. The summed E-state index contributed by atoms with van der Waals surface area (Å²) < 4.78 is 27.7. The molecule has 1 fully saturated rings. The van der Waals surface area contributed by atoms with Crippen LogP contribution in [0.4, 0.5) is 0 Å². The molecule has 1 aromatic rings. The Hall–Kier alpha value is -0.910. The molecule has 1 aliphatic carbocycles. The third-order valence-corrected chi connectivity index (χ3v) is 6.73. The van der Waals surface area contributed by atoms with Crippen molar-refractivity contribution < 1.29 is 8.42 Å². The second-order valence-corrected chi connectivity index (χ2v) is 7.92. The van der Waals surface area contributed by atoms with Crippen molar-refractivity contribution in [2.75, 3.05) is 6.54 Å². The normalized spacial score (nSPS) is 19.9. The molecule has 1 N–H and O–H groups in total. The first-order valence-electron chi connectivity index (χ1n) is 7.97. The zero-order valence-electron chi connectivity index (χ0n) is 12.6. The fourth-order valence-corrected chi connectivity index (χ4v) is 5.31. The molecular weight excluding hydrogens is 284 g/mol. The maximum atomic E-state index is 13.0. The summed E-state index contributed by atoms with van der Waals surface area (Å²) >= 11 is 0. The third-order valence-electron chi connectivity index (χ3n) is 4.71. The molecule has 21 heavy (non-hydrogen) atoms. The van der Waals surface area contributed by atoms with E-state index in [0.717, 1.165) is 44.3 Å². The molecule has 1 aliphatic heterocycles. The van der Waals surface area contributed by atoms with Crippen molar-refractivity contribution in [2.45, 2.75) is 63.1 Å². The number of hydrogen-bond donors (Lipinski definition) is 1. The molecule has 2 aliphatic rings. The Morgan fingerprint density at radius 1 is 1.14 bits per heavy atom. The molecule has 116 valence electrons. The average Bonchev–Trinajstić information content (AvgIpc) is 2.96. The van der Waals surface area contributed by atoms with Crippen LogP contribution in [0.1, 0.15) is 50.2 Å². The second-order valence-electron chi connectivity index (χ2n) is 6.03. The minimum Gasteiger partial charge on any atom is -0.309 e. The van der Waals surface area contributed by atoms with Crippen molar-refractivity contribution in [3.05, 3.63) is 29.3 Å². The largest absolute Gasteiger partial charge is 0.309 e. The SMILES string of the molecule is CCN(C1CCCCC1)S(=O)(=O)c1ccc2c(c1)CNC2. The lowest BCUT2D eigenvalue weighted by atomic mass is 9.95. The van der Waals surface area contributed by atoms with E-state index in [1.165, 1.54) is 12.0 Å². The molecule has 0 unspecified atom stereocenters. The van der Waals surface area contributed by atoms with Crippen LogP contribution in [0.25, 0.3) is 0 Å². The van der Waals surface area contributed by atoms with Crippen molar-refractivity contribution in [1.82, 2.24) is 9.62 Å². The fraction of sp³-hybridized carbons (Fsp3) is 0.625. The van der Waals surface area contributed by atoms with Gasteiger partial charge in [-0.1, -0.05) is 32.3 Å². The monoisotopic (exact) mass is 308 g/mol. The lowest BCUT2D eigenvalue weighted by Crippen LogP contribution is -2.41. The van der Waals surface area contributed by atoms with E-state index in [1.54, 1.807) is 10.4 Å². The molecule has 0 amide bonds. The first-order chi connectivity index (χ1) is 10.1. The first kappa shape index (κ1) is 15.0. The van der Waals surface area contributed by atoms with Crippen molar-refractivity contribution >= 4 is 10.0 Å². The Bertz CT molecular complexity index is 607. The van der Waals surface area contributed by atoms with Gasteiger partial charge in [-0.05, 0) is 36.1 Å². The Kier molecular flexibility index (Phi) is 4.33.